The van der Waals surface area contributed by atoms with Gasteiger partial charge >= 0.3 is 5.97 Å². The summed E-state index contributed by atoms with van der Waals surface area (Å²) in [5.41, 5.74) is -0.439. The number of benzene rings is 1. The molecular weight excluding hydrogens is 242 g/mol. The zero-order valence-electron chi connectivity index (χ0n) is 8.34. The van der Waals surface area contributed by atoms with Gasteiger partial charge in [-0.05, 0) is 12.1 Å². The zero-order chi connectivity index (χ0) is 12.3. The number of carbonyl (C=O) groups excluding carboxylic acids is 1. The number of aliphatic hydroxyl groups excluding tert-OH is 1. The number of aliphatic hydroxyl groups is 1. The Balaban J connectivity index is 2.97. The van der Waals surface area contributed by atoms with Crippen molar-refractivity contribution < 1.29 is 23.4 Å². The second-order valence-corrected chi connectivity index (χ2v) is 3.47. The number of ether oxygens (including phenoxy) is 1. The van der Waals surface area contributed by atoms with Crippen molar-refractivity contribution in [3.63, 3.8) is 0 Å². The number of carbonyl (C=O) groups is 1. The fraction of sp³-hybridized carbons (Fsp3) is 0.300. The topological polar surface area (TPSA) is 46.5 Å². The van der Waals surface area contributed by atoms with Crippen LogP contribution in [0.25, 0.3) is 0 Å². The first-order valence-electron chi connectivity index (χ1n) is 4.35. The van der Waals surface area contributed by atoms with Crippen LogP contribution in [0.2, 0.25) is 5.02 Å². The molecule has 0 aliphatic heterocycles. The van der Waals surface area contributed by atoms with Crippen molar-refractivity contribution in [2.75, 3.05) is 7.11 Å². The fourth-order valence-corrected chi connectivity index (χ4v) is 1.35. The normalized spacial score (nSPS) is 12.3. The minimum atomic E-state index is -1.62. The molecule has 3 nitrogen and oxygen atoms in total. The first-order chi connectivity index (χ1) is 7.47. The monoisotopic (exact) mass is 250 g/mol. The Morgan fingerprint density at radius 1 is 1.56 bits per heavy atom. The predicted octanol–water partition coefficient (Wildman–Crippen LogP) is 1.69. The Kier molecular flexibility index (Phi) is 4.20. The summed E-state index contributed by atoms with van der Waals surface area (Å²) < 4.78 is 30.8. The van der Waals surface area contributed by atoms with E-state index in [0.717, 1.165) is 19.2 Å². The molecular formula is C10H9ClF2O3. The van der Waals surface area contributed by atoms with Gasteiger partial charge in [0.05, 0.1) is 12.1 Å². The minimum absolute atomic E-state index is 0.270. The van der Waals surface area contributed by atoms with Gasteiger partial charge < -0.3 is 9.84 Å². The molecule has 0 saturated carbocycles. The van der Waals surface area contributed by atoms with Gasteiger partial charge in [-0.2, -0.15) is 0 Å². The lowest BCUT2D eigenvalue weighted by Gasteiger charge is -2.10. The van der Waals surface area contributed by atoms with Crippen molar-refractivity contribution in [2.45, 2.75) is 12.5 Å². The second-order valence-electron chi connectivity index (χ2n) is 3.06. The lowest BCUT2D eigenvalue weighted by atomic mass is 10.1. The molecule has 16 heavy (non-hydrogen) atoms. The number of esters is 1. The molecule has 0 heterocycles. The molecule has 0 bridgehead atoms. The van der Waals surface area contributed by atoms with Crippen LogP contribution in [0, 0.1) is 11.6 Å². The van der Waals surface area contributed by atoms with E-state index in [4.69, 9.17) is 11.6 Å². The van der Waals surface area contributed by atoms with Crippen LogP contribution in [0.1, 0.15) is 5.56 Å². The highest BCUT2D eigenvalue weighted by molar-refractivity contribution is 6.30. The molecule has 0 fully saturated rings. The summed E-state index contributed by atoms with van der Waals surface area (Å²) in [5.74, 6) is -2.81. The van der Waals surface area contributed by atoms with Crippen LogP contribution in [-0.4, -0.2) is 24.3 Å². The van der Waals surface area contributed by atoms with Gasteiger partial charge in [-0.15, -0.1) is 0 Å². The van der Waals surface area contributed by atoms with Gasteiger partial charge in [0.2, 0.25) is 0 Å². The van der Waals surface area contributed by atoms with Crippen LogP contribution in [-0.2, 0) is 16.0 Å². The average Bonchev–Trinajstić information content (AvgIpc) is 2.28. The fourth-order valence-electron chi connectivity index (χ4n) is 1.17. The maximum absolute atomic E-state index is 13.4. The molecule has 6 heteroatoms. The summed E-state index contributed by atoms with van der Waals surface area (Å²) >= 11 is 5.44. The van der Waals surface area contributed by atoms with E-state index in [2.05, 4.69) is 4.74 Å². The van der Waals surface area contributed by atoms with E-state index in [0.29, 0.717) is 0 Å². The number of rotatable bonds is 3. The van der Waals surface area contributed by atoms with Crippen LogP contribution in [0.5, 0.6) is 0 Å². The molecule has 0 aliphatic rings. The molecule has 0 aromatic heterocycles. The van der Waals surface area contributed by atoms with E-state index in [9.17, 15) is 18.7 Å². The van der Waals surface area contributed by atoms with Crippen LogP contribution >= 0.6 is 11.6 Å². The summed E-state index contributed by atoms with van der Waals surface area (Å²) in [5, 5.41) is 8.99. The molecule has 1 atom stereocenters. The third-order valence-corrected chi connectivity index (χ3v) is 2.30. The van der Waals surface area contributed by atoms with Crippen molar-refractivity contribution in [3.05, 3.63) is 34.4 Å². The number of methoxy groups -OCH3 is 1. The Morgan fingerprint density at radius 3 is 2.75 bits per heavy atom. The first kappa shape index (κ1) is 12.9. The highest BCUT2D eigenvalue weighted by Gasteiger charge is 2.21. The van der Waals surface area contributed by atoms with E-state index >= 15 is 0 Å². The highest BCUT2D eigenvalue weighted by atomic mass is 35.5. The summed E-state index contributed by atoms with van der Waals surface area (Å²) in [6.45, 7) is 0. The zero-order valence-corrected chi connectivity index (χ0v) is 9.09. The Morgan fingerprint density at radius 2 is 2.19 bits per heavy atom. The first-order valence-corrected chi connectivity index (χ1v) is 4.73. The minimum Gasteiger partial charge on any atom is -0.467 e. The molecule has 1 aromatic rings. The lowest BCUT2D eigenvalue weighted by Crippen LogP contribution is -2.25. The van der Waals surface area contributed by atoms with Crippen LogP contribution < -0.4 is 0 Å². The molecule has 88 valence electrons. The van der Waals surface area contributed by atoms with Gasteiger partial charge in [0, 0.05) is 12.0 Å². The number of hydrogen-bond acceptors (Lipinski definition) is 3. The van der Waals surface area contributed by atoms with Gasteiger partial charge in [0.15, 0.2) is 6.10 Å². The number of halogens is 3. The van der Waals surface area contributed by atoms with E-state index in [1.54, 1.807) is 0 Å². The van der Waals surface area contributed by atoms with Crippen LogP contribution in [0.15, 0.2) is 12.1 Å². The third-order valence-electron chi connectivity index (χ3n) is 2.01. The summed E-state index contributed by atoms with van der Waals surface area (Å²) in [4.78, 5) is 10.9. The van der Waals surface area contributed by atoms with Gasteiger partial charge in [0.1, 0.15) is 11.6 Å². The standard InChI is InChI=1S/C10H9ClF2O3/c1-16-10(15)8(14)4-5-7(12)3-2-6(11)9(5)13/h2-3,8,14H,4H2,1H3. The van der Waals surface area contributed by atoms with Crippen molar-refractivity contribution in [1.29, 1.82) is 0 Å². The van der Waals surface area contributed by atoms with E-state index in [1.165, 1.54) is 0 Å². The molecule has 1 unspecified atom stereocenters. The maximum atomic E-state index is 13.4. The summed E-state index contributed by atoms with van der Waals surface area (Å²) in [6, 6.07) is 2.02. The molecule has 1 rings (SSSR count). The molecule has 0 amide bonds. The smallest absolute Gasteiger partial charge is 0.335 e. The van der Waals surface area contributed by atoms with Crippen molar-refractivity contribution >= 4 is 17.6 Å². The van der Waals surface area contributed by atoms with Crippen molar-refractivity contribution in [3.8, 4) is 0 Å². The Hall–Kier alpha value is -1.20. The van der Waals surface area contributed by atoms with Crippen LogP contribution in [0.4, 0.5) is 8.78 Å². The average molecular weight is 251 g/mol. The van der Waals surface area contributed by atoms with E-state index < -0.39 is 35.7 Å². The van der Waals surface area contributed by atoms with Gasteiger partial charge in [-0.1, -0.05) is 11.6 Å². The van der Waals surface area contributed by atoms with Crippen LogP contribution in [0.3, 0.4) is 0 Å². The van der Waals surface area contributed by atoms with Crippen molar-refractivity contribution in [2.24, 2.45) is 0 Å². The lowest BCUT2D eigenvalue weighted by molar-refractivity contribution is -0.150. The molecule has 1 aromatic carbocycles. The largest absolute Gasteiger partial charge is 0.467 e. The molecule has 0 spiro atoms. The van der Waals surface area contributed by atoms with Crippen molar-refractivity contribution in [1.82, 2.24) is 0 Å². The Labute approximate surface area is 95.6 Å². The second kappa shape index (κ2) is 5.23. The summed E-state index contributed by atoms with van der Waals surface area (Å²) in [6.07, 6.45) is -2.14. The molecule has 0 aliphatic carbocycles. The molecule has 1 N–H and O–H groups in total. The highest BCUT2D eigenvalue weighted by Crippen LogP contribution is 2.22. The third kappa shape index (κ3) is 2.68. The van der Waals surface area contributed by atoms with Gasteiger partial charge in [0.25, 0.3) is 0 Å². The van der Waals surface area contributed by atoms with Gasteiger partial charge in [-0.25, -0.2) is 13.6 Å². The van der Waals surface area contributed by atoms with E-state index in [-0.39, 0.29) is 5.02 Å². The molecule has 0 radical (unpaired) electrons. The maximum Gasteiger partial charge on any atom is 0.335 e. The predicted molar refractivity (Wildman–Crippen MR) is 53.1 cm³/mol. The van der Waals surface area contributed by atoms with Gasteiger partial charge in [-0.3, -0.25) is 0 Å². The quantitative estimate of drug-likeness (QED) is 0.656. The summed E-state index contributed by atoms with van der Waals surface area (Å²) in [7, 11) is 1.07. The molecule has 0 saturated heterocycles. The SMILES string of the molecule is COC(=O)C(O)Cc1c(F)ccc(Cl)c1F. The van der Waals surface area contributed by atoms with E-state index in [1.807, 2.05) is 0 Å². The number of hydrogen-bond donors (Lipinski definition) is 1. The Bertz CT molecular complexity index is 409.